The van der Waals surface area contributed by atoms with Crippen LogP contribution in [0, 0.1) is 6.92 Å². The van der Waals surface area contributed by atoms with Gasteiger partial charge in [-0.3, -0.25) is 19.7 Å². The SMILES string of the molecule is Cc1nc(S(=O)(=O)NCCC(=O)OCC(=O)NC(=O)c2ccc(OC(F)F)cc2)cn1C. The summed E-state index contributed by atoms with van der Waals surface area (Å²) in [5.74, 6) is -2.32. The topological polar surface area (TPSA) is 146 Å². The zero-order valence-corrected chi connectivity index (χ0v) is 17.8. The molecule has 2 aromatic rings. The smallest absolute Gasteiger partial charge is 0.387 e. The largest absolute Gasteiger partial charge is 0.456 e. The molecule has 0 spiro atoms. The standard InChI is InChI=1S/C18H20F2N4O7S/c1-11-22-15(9-24(11)2)32(28,29)21-8-7-16(26)30-10-14(25)23-17(27)12-3-5-13(6-4-12)31-18(19)20/h3-6,9,18,21H,7-8,10H2,1-2H3,(H,23,25,27). The number of rotatable bonds is 10. The third-order valence-electron chi connectivity index (χ3n) is 3.94. The second-order valence-corrected chi connectivity index (χ2v) is 8.04. The molecule has 1 aromatic carbocycles. The van der Waals surface area contributed by atoms with Crippen molar-refractivity contribution < 1.29 is 41.1 Å². The minimum Gasteiger partial charge on any atom is -0.456 e. The first-order valence-electron chi connectivity index (χ1n) is 9.02. The van der Waals surface area contributed by atoms with Gasteiger partial charge < -0.3 is 14.0 Å². The van der Waals surface area contributed by atoms with Gasteiger partial charge in [0.2, 0.25) is 0 Å². The highest BCUT2D eigenvalue weighted by Gasteiger charge is 2.19. The van der Waals surface area contributed by atoms with Gasteiger partial charge in [-0.25, -0.2) is 18.1 Å². The molecule has 0 aliphatic rings. The Balaban J connectivity index is 1.73. The Hall–Kier alpha value is -3.39. The number of imide groups is 1. The van der Waals surface area contributed by atoms with Gasteiger partial charge in [-0.15, -0.1) is 0 Å². The predicted octanol–water partition coefficient (Wildman–Crippen LogP) is 0.498. The van der Waals surface area contributed by atoms with E-state index in [4.69, 9.17) is 0 Å². The van der Waals surface area contributed by atoms with Gasteiger partial charge in [-0.05, 0) is 31.2 Å². The molecule has 0 saturated heterocycles. The lowest BCUT2D eigenvalue weighted by atomic mass is 10.2. The zero-order chi connectivity index (χ0) is 23.9. The summed E-state index contributed by atoms with van der Waals surface area (Å²) in [7, 11) is -2.28. The summed E-state index contributed by atoms with van der Waals surface area (Å²) < 4.78 is 60.9. The summed E-state index contributed by atoms with van der Waals surface area (Å²) in [5, 5.41) is 1.76. The summed E-state index contributed by atoms with van der Waals surface area (Å²) in [4.78, 5) is 39.2. The molecule has 2 amide bonds. The van der Waals surface area contributed by atoms with E-state index >= 15 is 0 Å². The van der Waals surface area contributed by atoms with Crippen molar-refractivity contribution in [1.82, 2.24) is 19.6 Å². The number of halogens is 2. The first kappa shape index (κ1) is 24.9. The third-order valence-corrected chi connectivity index (χ3v) is 5.27. The lowest BCUT2D eigenvalue weighted by Gasteiger charge is -2.08. The lowest BCUT2D eigenvalue weighted by molar-refractivity contribution is -0.148. The van der Waals surface area contributed by atoms with Crippen LogP contribution in [0.15, 0.2) is 35.5 Å². The maximum absolute atomic E-state index is 12.1. The van der Waals surface area contributed by atoms with Crippen LogP contribution in [0.2, 0.25) is 0 Å². The molecule has 174 valence electrons. The number of esters is 1. The Kier molecular flexibility index (Phi) is 8.37. The number of nitrogens with one attached hydrogen (secondary N) is 2. The molecule has 11 nitrogen and oxygen atoms in total. The molecule has 0 bridgehead atoms. The molecule has 0 saturated carbocycles. The van der Waals surface area contributed by atoms with Crippen molar-refractivity contribution >= 4 is 27.8 Å². The van der Waals surface area contributed by atoms with E-state index in [1.165, 1.54) is 22.9 Å². The highest BCUT2D eigenvalue weighted by molar-refractivity contribution is 7.89. The van der Waals surface area contributed by atoms with E-state index in [9.17, 15) is 31.6 Å². The lowest BCUT2D eigenvalue weighted by Crippen LogP contribution is -2.34. The molecule has 0 aliphatic heterocycles. The number of ether oxygens (including phenoxy) is 2. The highest BCUT2D eigenvalue weighted by Crippen LogP contribution is 2.14. The minimum atomic E-state index is -3.91. The van der Waals surface area contributed by atoms with E-state index in [0.717, 1.165) is 12.1 Å². The number of aromatic nitrogens is 2. The minimum absolute atomic E-state index is 0.00884. The molecular weight excluding hydrogens is 454 g/mol. The normalized spacial score (nSPS) is 11.3. The van der Waals surface area contributed by atoms with Crippen LogP contribution < -0.4 is 14.8 Å². The first-order valence-corrected chi connectivity index (χ1v) is 10.5. The van der Waals surface area contributed by atoms with Gasteiger partial charge in [-0.2, -0.15) is 8.78 Å². The molecule has 2 N–H and O–H groups in total. The van der Waals surface area contributed by atoms with Crippen molar-refractivity contribution in [3.05, 3.63) is 41.9 Å². The molecular formula is C18H20F2N4O7S. The Labute approximate surface area is 181 Å². The number of amides is 2. The predicted molar refractivity (Wildman–Crippen MR) is 104 cm³/mol. The Morgan fingerprint density at radius 2 is 1.84 bits per heavy atom. The van der Waals surface area contributed by atoms with Crippen molar-refractivity contribution in [1.29, 1.82) is 0 Å². The fourth-order valence-corrected chi connectivity index (χ4v) is 3.33. The number of carbonyl (C=O) groups is 3. The molecule has 0 fully saturated rings. The van der Waals surface area contributed by atoms with Gasteiger partial charge >= 0.3 is 12.6 Å². The van der Waals surface area contributed by atoms with Gasteiger partial charge in [0.1, 0.15) is 11.6 Å². The fourth-order valence-electron chi connectivity index (χ4n) is 2.26. The van der Waals surface area contributed by atoms with Crippen LogP contribution in [0.25, 0.3) is 0 Å². The van der Waals surface area contributed by atoms with Gasteiger partial charge in [0, 0.05) is 25.4 Å². The van der Waals surface area contributed by atoms with E-state index in [1.807, 2.05) is 5.32 Å². The Morgan fingerprint density at radius 1 is 1.19 bits per heavy atom. The molecule has 1 heterocycles. The van der Waals surface area contributed by atoms with Crippen LogP contribution in [0.5, 0.6) is 5.75 Å². The molecule has 2 rings (SSSR count). The van der Waals surface area contributed by atoms with E-state index in [-0.39, 0.29) is 29.3 Å². The molecule has 0 radical (unpaired) electrons. The third kappa shape index (κ3) is 7.39. The molecule has 0 unspecified atom stereocenters. The summed E-state index contributed by atoms with van der Waals surface area (Å²) in [6, 6.07) is 4.58. The molecule has 1 aromatic heterocycles. The molecule has 14 heteroatoms. The monoisotopic (exact) mass is 474 g/mol. The van der Waals surface area contributed by atoms with Crippen molar-refractivity contribution in [3.63, 3.8) is 0 Å². The molecule has 0 aliphatic carbocycles. The van der Waals surface area contributed by atoms with Crippen molar-refractivity contribution in [2.24, 2.45) is 7.05 Å². The van der Waals surface area contributed by atoms with Gasteiger partial charge in [0.25, 0.3) is 21.8 Å². The zero-order valence-electron chi connectivity index (χ0n) is 17.0. The highest BCUT2D eigenvalue weighted by atomic mass is 32.2. The van der Waals surface area contributed by atoms with Crippen LogP contribution in [0.1, 0.15) is 22.6 Å². The number of carbonyl (C=O) groups excluding carboxylic acids is 3. The van der Waals surface area contributed by atoms with Crippen LogP contribution in [0.4, 0.5) is 8.78 Å². The van der Waals surface area contributed by atoms with Gasteiger partial charge in [0.15, 0.2) is 11.6 Å². The summed E-state index contributed by atoms with van der Waals surface area (Å²) in [6.07, 6.45) is 0.953. The van der Waals surface area contributed by atoms with E-state index in [0.29, 0.717) is 5.82 Å². The average molecular weight is 474 g/mol. The van der Waals surface area contributed by atoms with E-state index in [1.54, 1.807) is 14.0 Å². The fraction of sp³-hybridized carbons (Fsp3) is 0.333. The van der Waals surface area contributed by atoms with E-state index in [2.05, 4.69) is 19.2 Å². The number of benzene rings is 1. The van der Waals surface area contributed by atoms with E-state index < -0.39 is 41.0 Å². The van der Waals surface area contributed by atoms with Crippen molar-refractivity contribution in [2.75, 3.05) is 13.2 Å². The number of nitrogens with zero attached hydrogens (tertiary/aromatic N) is 2. The first-order chi connectivity index (χ1) is 15.0. The quantitative estimate of drug-likeness (QED) is 0.474. The van der Waals surface area contributed by atoms with Crippen LogP contribution in [-0.2, 0) is 31.4 Å². The number of hydrogen-bond donors (Lipinski definition) is 2. The summed E-state index contributed by atoms with van der Waals surface area (Å²) in [5.41, 5.74) is -0.00884. The van der Waals surface area contributed by atoms with Crippen molar-refractivity contribution in [3.8, 4) is 5.75 Å². The maximum atomic E-state index is 12.1. The number of hydrogen-bond acceptors (Lipinski definition) is 8. The average Bonchev–Trinajstić information content (AvgIpc) is 3.06. The second-order valence-electron chi connectivity index (χ2n) is 6.33. The molecule has 32 heavy (non-hydrogen) atoms. The second kappa shape index (κ2) is 10.8. The van der Waals surface area contributed by atoms with Crippen LogP contribution in [0.3, 0.4) is 0 Å². The van der Waals surface area contributed by atoms with Crippen LogP contribution in [-0.4, -0.2) is 55.5 Å². The molecule has 0 atom stereocenters. The number of alkyl halides is 2. The number of imidazole rings is 1. The van der Waals surface area contributed by atoms with Gasteiger partial charge in [-0.1, -0.05) is 0 Å². The summed E-state index contributed by atoms with van der Waals surface area (Å²) in [6.45, 7) is -2.45. The number of sulfonamides is 1. The maximum Gasteiger partial charge on any atom is 0.387 e. The Bertz CT molecular complexity index is 1070. The number of aryl methyl sites for hydroxylation is 2. The summed E-state index contributed by atoms with van der Waals surface area (Å²) >= 11 is 0. The Morgan fingerprint density at radius 3 is 2.41 bits per heavy atom. The van der Waals surface area contributed by atoms with Crippen molar-refractivity contribution in [2.45, 2.75) is 25.0 Å². The van der Waals surface area contributed by atoms with Gasteiger partial charge in [0.05, 0.1) is 6.42 Å². The van der Waals surface area contributed by atoms with Crippen LogP contribution >= 0.6 is 0 Å².